The van der Waals surface area contributed by atoms with Crippen LogP contribution in [-0.2, 0) is 0 Å². The van der Waals surface area contributed by atoms with Gasteiger partial charge in [-0.05, 0) is 37.5 Å². The second-order valence-corrected chi connectivity index (χ2v) is 3.24. The summed E-state index contributed by atoms with van der Waals surface area (Å²) in [4.78, 5) is 0. The van der Waals surface area contributed by atoms with Crippen molar-refractivity contribution in [1.29, 1.82) is 0 Å². The Balaban J connectivity index is 2.11. The first-order chi connectivity index (χ1) is 3.86. The Labute approximate surface area is 49.7 Å². The predicted octanol–water partition coefficient (Wildman–Crippen LogP) is 1.17. The number of aliphatic hydroxyl groups is 1. The molecule has 3 atom stereocenters. The fourth-order valence-corrected chi connectivity index (χ4v) is 2.21. The Morgan fingerprint density at radius 3 is 2.25 bits per heavy atom. The third-order valence-electron chi connectivity index (χ3n) is 2.70. The lowest BCUT2D eigenvalue weighted by atomic mass is 9.98. The van der Waals surface area contributed by atoms with Crippen LogP contribution < -0.4 is 0 Å². The van der Waals surface area contributed by atoms with Crippen molar-refractivity contribution in [1.82, 2.24) is 0 Å². The van der Waals surface area contributed by atoms with E-state index < -0.39 is 0 Å². The summed E-state index contributed by atoms with van der Waals surface area (Å²) in [6.07, 6.45) is 5.19. The minimum absolute atomic E-state index is 0.0775. The molecule has 2 aliphatic rings. The quantitative estimate of drug-likeness (QED) is 0.498. The van der Waals surface area contributed by atoms with E-state index in [1.807, 2.05) is 0 Å². The molecule has 46 valence electrons. The lowest BCUT2D eigenvalue weighted by Crippen LogP contribution is -2.14. The SMILES string of the molecule is O[C@H]1C[C@@H]2CC[C@@H]1C2. The summed E-state index contributed by atoms with van der Waals surface area (Å²) in [5.41, 5.74) is 0. The molecule has 1 nitrogen and oxygen atoms in total. The van der Waals surface area contributed by atoms with Gasteiger partial charge in [-0.2, -0.15) is 0 Å². The van der Waals surface area contributed by atoms with Crippen LogP contribution in [0.15, 0.2) is 0 Å². The van der Waals surface area contributed by atoms with E-state index in [0.29, 0.717) is 5.92 Å². The lowest BCUT2D eigenvalue weighted by Gasteiger charge is -2.14. The van der Waals surface area contributed by atoms with Gasteiger partial charge in [0.05, 0.1) is 6.10 Å². The molecule has 0 saturated heterocycles. The van der Waals surface area contributed by atoms with Crippen molar-refractivity contribution < 1.29 is 5.11 Å². The molecule has 0 aromatic rings. The van der Waals surface area contributed by atoms with Crippen LogP contribution >= 0.6 is 0 Å². The van der Waals surface area contributed by atoms with Crippen molar-refractivity contribution in [2.75, 3.05) is 0 Å². The van der Waals surface area contributed by atoms with Crippen LogP contribution in [0.1, 0.15) is 25.7 Å². The minimum Gasteiger partial charge on any atom is -0.393 e. The first kappa shape index (κ1) is 4.80. The van der Waals surface area contributed by atoms with E-state index in [1.54, 1.807) is 0 Å². The average Bonchev–Trinajstić information content (AvgIpc) is 2.23. The highest BCUT2D eigenvalue weighted by Gasteiger charge is 2.38. The fraction of sp³-hybridized carbons (Fsp3) is 1.00. The monoisotopic (exact) mass is 112 g/mol. The van der Waals surface area contributed by atoms with E-state index in [-0.39, 0.29) is 6.10 Å². The number of rotatable bonds is 0. The van der Waals surface area contributed by atoms with Crippen LogP contribution in [0, 0.1) is 11.8 Å². The molecule has 0 unspecified atom stereocenters. The van der Waals surface area contributed by atoms with Gasteiger partial charge in [0.2, 0.25) is 0 Å². The molecule has 2 aliphatic carbocycles. The zero-order chi connectivity index (χ0) is 5.56. The summed E-state index contributed by atoms with van der Waals surface area (Å²) in [6.45, 7) is 0. The van der Waals surface area contributed by atoms with Crippen molar-refractivity contribution in [2.45, 2.75) is 31.8 Å². The molecule has 0 spiro atoms. The van der Waals surface area contributed by atoms with Gasteiger partial charge in [-0.1, -0.05) is 0 Å². The second kappa shape index (κ2) is 1.47. The maximum atomic E-state index is 9.22. The van der Waals surface area contributed by atoms with Crippen molar-refractivity contribution in [3.8, 4) is 0 Å². The second-order valence-electron chi connectivity index (χ2n) is 3.24. The highest BCUT2D eigenvalue weighted by Crippen LogP contribution is 2.44. The van der Waals surface area contributed by atoms with Crippen molar-refractivity contribution in [3.63, 3.8) is 0 Å². The van der Waals surface area contributed by atoms with Gasteiger partial charge < -0.3 is 5.11 Å². The number of hydrogen-bond donors (Lipinski definition) is 1. The summed E-state index contributed by atoms with van der Waals surface area (Å²) in [5.74, 6) is 1.59. The number of hydrogen-bond acceptors (Lipinski definition) is 1. The maximum absolute atomic E-state index is 9.22. The average molecular weight is 112 g/mol. The summed E-state index contributed by atoms with van der Waals surface area (Å²) in [6, 6.07) is 0. The smallest absolute Gasteiger partial charge is 0.0571 e. The fourth-order valence-electron chi connectivity index (χ4n) is 2.21. The molecule has 0 aliphatic heterocycles. The van der Waals surface area contributed by atoms with E-state index in [2.05, 4.69) is 0 Å². The molecule has 0 aromatic carbocycles. The molecular weight excluding hydrogens is 100 g/mol. The zero-order valence-electron chi connectivity index (χ0n) is 5.01. The highest BCUT2D eigenvalue weighted by atomic mass is 16.3. The van der Waals surface area contributed by atoms with Crippen LogP contribution in [0.5, 0.6) is 0 Å². The van der Waals surface area contributed by atoms with Crippen molar-refractivity contribution in [2.24, 2.45) is 11.8 Å². The van der Waals surface area contributed by atoms with E-state index in [1.165, 1.54) is 19.3 Å². The Hall–Kier alpha value is -0.0400. The number of fused-ring (bicyclic) bond motifs is 2. The topological polar surface area (TPSA) is 20.2 Å². The molecule has 1 heteroatoms. The number of aliphatic hydroxyl groups excluding tert-OH is 1. The van der Waals surface area contributed by atoms with Gasteiger partial charge in [-0.3, -0.25) is 0 Å². The summed E-state index contributed by atoms with van der Waals surface area (Å²) in [7, 11) is 0. The Morgan fingerprint density at radius 1 is 1.12 bits per heavy atom. The third-order valence-corrected chi connectivity index (χ3v) is 2.70. The van der Waals surface area contributed by atoms with Gasteiger partial charge >= 0.3 is 0 Å². The van der Waals surface area contributed by atoms with E-state index >= 15 is 0 Å². The van der Waals surface area contributed by atoms with Crippen LogP contribution in [0.3, 0.4) is 0 Å². The van der Waals surface area contributed by atoms with E-state index in [4.69, 9.17) is 0 Å². The summed E-state index contributed by atoms with van der Waals surface area (Å²) < 4.78 is 0. The normalized spacial score (nSPS) is 52.9. The molecule has 8 heavy (non-hydrogen) atoms. The van der Waals surface area contributed by atoms with Crippen LogP contribution in [0.2, 0.25) is 0 Å². The largest absolute Gasteiger partial charge is 0.393 e. The van der Waals surface area contributed by atoms with Gasteiger partial charge in [0.15, 0.2) is 0 Å². The third kappa shape index (κ3) is 0.510. The molecule has 0 radical (unpaired) electrons. The highest BCUT2D eigenvalue weighted by molar-refractivity contribution is 4.89. The maximum Gasteiger partial charge on any atom is 0.0571 e. The predicted molar refractivity (Wildman–Crippen MR) is 31.5 cm³/mol. The molecule has 0 heterocycles. The van der Waals surface area contributed by atoms with Gasteiger partial charge in [-0.25, -0.2) is 0 Å². The Kier molecular flexibility index (Phi) is 0.884. The van der Waals surface area contributed by atoms with Crippen LogP contribution in [-0.4, -0.2) is 11.2 Å². The Bertz CT molecular complexity index is 98.6. The van der Waals surface area contributed by atoms with E-state index in [0.717, 1.165) is 12.3 Å². The first-order valence-corrected chi connectivity index (χ1v) is 3.54. The van der Waals surface area contributed by atoms with Crippen LogP contribution in [0.4, 0.5) is 0 Å². The van der Waals surface area contributed by atoms with Crippen LogP contribution in [0.25, 0.3) is 0 Å². The van der Waals surface area contributed by atoms with Gasteiger partial charge in [0.1, 0.15) is 0 Å². The lowest BCUT2D eigenvalue weighted by molar-refractivity contribution is 0.113. The summed E-state index contributed by atoms with van der Waals surface area (Å²) >= 11 is 0. The minimum atomic E-state index is 0.0775. The molecule has 1 N–H and O–H groups in total. The zero-order valence-corrected chi connectivity index (χ0v) is 5.01. The standard InChI is InChI=1S/C7H12O/c8-7-4-5-1-2-6(7)3-5/h5-8H,1-4H2/t5-,6-,7+/m1/s1. The van der Waals surface area contributed by atoms with Gasteiger partial charge in [0.25, 0.3) is 0 Å². The molecule has 0 amide bonds. The molecule has 2 rings (SSSR count). The Morgan fingerprint density at radius 2 is 2.00 bits per heavy atom. The molecule has 2 saturated carbocycles. The van der Waals surface area contributed by atoms with Crippen molar-refractivity contribution in [3.05, 3.63) is 0 Å². The molecule has 0 aromatic heterocycles. The van der Waals surface area contributed by atoms with Crippen molar-refractivity contribution >= 4 is 0 Å². The van der Waals surface area contributed by atoms with Gasteiger partial charge in [0, 0.05) is 0 Å². The molecule has 2 bridgehead atoms. The molecule has 2 fully saturated rings. The first-order valence-electron chi connectivity index (χ1n) is 3.54. The molecular formula is C7H12O. The van der Waals surface area contributed by atoms with E-state index in [9.17, 15) is 5.11 Å². The summed E-state index contributed by atoms with van der Waals surface area (Å²) in [5, 5.41) is 9.22. The van der Waals surface area contributed by atoms with Gasteiger partial charge in [-0.15, -0.1) is 0 Å².